The predicted molar refractivity (Wildman–Crippen MR) is 75.9 cm³/mol. The maximum absolute atomic E-state index is 12.8. The number of primary amides is 1. The van der Waals surface area contributed by atoms with E-state index in [1.807, 2.05) is 35.2 Å². The molecule has 2 amide bonds. The van der Waals surface area contributed by atoms with E-state index in [0.717, 1.165) is 37.8 Å². The minimum absolute atomic E-state index is 0.176. The molecule has 1 atom stereocenters. The number of hydrogen-bond donors (Lipinski definition) is 1. The van der Waals surface area contributed by atoms with Crippen LogP contribution in [0.4, 0.5) is 0 Å². The van der Waals surface area contributed by atoms with Crippen LogP contribution in [0.3, 0.4) is 0 Å². The Morgan fingerprint density at radius 2 is 1.90 bits per heavy atom. The first kappa shape index (κ1) is 13.2. The first-order chi connectivity index (χ1) is 9.63. The van der Waals surface area contributed by atoms with Crippen molar-refractivity contribution in [2.75, 3.05) is 13.1 Å². The summed E-state index contributed by atoms with van der Waals surface area (Å²) >= 11 is 0. The van der Waals surface area contributed by atoms with Gasteiger partial charge in [-0.1, -0.05) is 30.3 Å². The van der Waals surface area contributed by atoms with Crippen LogP contribution in [0.25, 0.3) is 0 Å². The minimum Gasteiger partial charge on any atom is -0.369 e. The van der Waals surface area contributed by atoms with Gasteiger partial charge in [-0.05, 0) is 31.2 Å². The summed E-state index contributed by atoms with van der Waals surface area (Å²) in [7, 11) is 0. The second-order valence-electron chi connectivity index (χ2n) is 5.94. The van der Waals surface area contributed by atoms with Gasteiger partial charge in [0.1, 0.15) is 0 Å². The number of benzene rings is 1. The molecule has 0 aromatic heterocycles. The maximum atomic E-state index is 12.8. The molecule has 0 spiro atoms. The summed E-state index contributed by atoms with van der Waals surface area (Å²) in [5.74, 6) is -0.291. The topological polar surface area (TPSA) is 63.4 Å². The van der Waals surface area contributed by atoms with E-state index < -0.39 is 0 Å². The normalized spacial score (nSPS) is 24.2. The van der Waals surface area contributed by atoms with Crippen LogP contribution >= 0.6 is 0 Å². The Hall–Kier alpha value is -1.84. The number of likely N-dealkylation sites (tertiary alicyclic amines) is 1. The Balaban J connectivity index is 1.77. The Morgan fingerprint density at radius 1 is 1.20 bits per heavy atom. The zero-order valence-electron chi connectivity index (χ0n) is 11.5. The quantitative estimate of drug-likeness (QED) is 0.905. The van der Waals surface area contributed by atoms with E-state index in [4.69, 9.17) is 5.73 Å². The van der Waals surface area contributed by atoms with Crippen molar-refractivity contribution in [3.63, 3.8) is 0 Å². The molecule has 1 heterocycles. The molecular weight excluding hydrogens is 252 g/mol. The van der Waals surface area contributed by atoms with Crippen molar-refractivity contribution in [2.24, 2.45) is 11.7 Å². The zero-order chi connectivity index (χ0) is 14.2. The number of nitrogens with two attached hydrogens (primary N) is 1. The van der Waals surface area contributed by atoms with Gasteiger partial charge in [0, 0.05) is 13.1 Å². The molecule has 2 N–H and O–H groups in total. The van der Waals surface area contributed by atoms with E-state index >= 15 is 0 Å². The molecule has 106 valence electrons. The van der Waals surface area contributed by atoms with Gasteiger partial charge < -0.3 is 10.6 Å². The van der Waals surface area contributed by atoms with Crippen LogP contribution < -0.4 is 5.73 Å². The Labute approximate surface area is 118 Å². The molecule has 2 fully saturated rings. The summed E-state index contributed by atoms with van der Waals surface area (Å²) in [6.45, 7) is 1.24. The number of carbonyl (C=O) groups is 2. The third-order valence-electron chi connectivity index (χ3n) is 4.60. The lowest BCUT2D eigenvalue weighted by molar-refractivity contribution is -0.137. The van der Waals surface area contributed by atoms with Gasteiger partial charge in [0.2, 0.25) is 11.8 Å². The molecule has 3 rings (SSSR count). The van der Waals surface area contributed by atoms with Crippen LogP contribution in [0, 0.1) is 5.92 Å². The molecule has 1 aromatic rings. The fraction of sp³-hybridized carbons (Fsp3) is 0.500. The molecule has 1 aromatic carbocycles. The number of carbonyl (C=O) groups excluding carboxylic acids is 2. The van der Waals surface area contributed by atoms with Gasteiger partial charge in [-0.25, -0.2) is 0 Å². The van der Waals surface area contributed by atoms with Gasteiger partial charge in [-0.2, -0.15) is 0 Å². The highest BCUT2D eigenvalue weighted by Gasteiger charge is 2.53. The number of nitrogens with zero attached hydrogens (tertiary/aromatic N) is 1. The standard InChI is InChI=1S/C16H20N2O2/c17-14(19)12-5-4-10-18(11-12)15(20)16(8-9-16)13-6-2-1-3-7-13/h1-3,6-7,12H,4-5,8-11H2,(H2,17,19). The molecule has 1 aliphatic carbocycles. The molecule has 4 heteroatoms. The third kappa shape index (κ3) is 2.19. The first-order valence-electron chi connectivity index (χ1n) is 7.28. The minimum atomic E-state index is -0.333. The Morgan fingerprint density at radius 3 is 2.50 bits per heavy atom. The van der Waals surface area contributed by atoms with Crippen molar-refractivity contribution in [1.82, 2.24) is 4.90 Å². The Kier molecular flexibility index (Phi) is 3.24. The average Bonchev–Trinajstić information content (AvgIpc) is 3.29. The van der Waals surface area contributed by atoms with Gasteiger partial charge in [-0.3, -0.25) is 9.59 Å². The van der Waals surface area contributed by atoms with Crippen LogP contribution in [-0.4, -0.2) is 29.8 Å². The van der Waals surface area contributed by atoms with Crippen LogP contribution in [0.5, 0.6) is 0 Å². The molecule has 4 nitrogen and oxygen atoms in total. The molecule has 2 aliphatic rings. The molecule has 20 heavy (non-hydrogen) atoms. The lowest BCUT2D eigenvalue weighted by Crippen LogP contribution is -2.47. The summed E-state index contributed by atoms with van der Waals surface area (Å²) in [4.78, 5) is 26.0. The summed E-state index contributed by atoms with van der Waals surface area (Å²) in [5.41, 5.74) is 6.16. The lowest BCUT2D eigenvalue weighted by atomic mass is 9.91. The van der Waals surface area contributed by atoms with Crippen molar-refractivity contribution >= 4 is 11.8 Å². The predicted octanol–water partition coefficient (Wildman–Crippen LogP) is 1.44. The van der Waals surface area contributed by atoms with E-state index in [-0.39, 0.29) is 23.1 Å². The largest absolute Gasteiger partial charge is 0.369 e. The number of rotatable bonds is 3. The highest BCUT2D eigenvalue weighted by atomic mass is 16.2. The molecule has 1 aliphatic heterocycles. The highest BCUT2D eigenvalue weighted by Crippen LogP contribution is 2.49. The fourth-order valence-electron chi connectivity index (χ4n) is 3.20. The second-order valence-corrected chi connectivity index (χ2v) is 5.94. The second kappa shape index (κ2) is 4.93. The van der Waals surface area contributed by atoms with Crippen LogP contribution in [0.15, 0.2) is 30.3 Å². The number of piperidine rings is 1. The molecule has 1 saturated carbocycles. The Bertz CT molecular complexity index is 523. The van der Waals surface area contributed by atoms with Gasteiger partial charge in [-0.15, -0.1) is 0 Å². The lowest BCUT2D eigenvalue weighted by Gasteiger charge is -2.34. The van der Waals surface area contributed by atoms with Gasteiger partial charge in [0.05, 0.1) is 11.3 Å². The molecular formula is C16H20N2O2. The van der Waals surface area contributed by atoms with Crippen LogP contribution in [0.1, 0.15) is 31.2 Å². The van der Waals surface area contributed by atoms with E-state index in [2.05, 4.69) is 0 Å². The van der Waals surface area contributed by atoms with Crippen LogP contribution in [0.2, 0.25) is 0 Å². The van der Waals surface area contributed by atoms with E-state index in [9.17, 15) is 9.59 Å². The van der Waals surface area contributed by atoms with Gasteiger partial charge >= 0.3 is 0 Å². The van der Waals surface area contributed by atoms with Gasteiger partial charge in [0.25, 0.3) is 0 Å². The van der Waals surface area contributed by atoms with Crippen molar-refractivity contribution in [1.29, 1.82) is 0 Å². The maximum Gasteiger partial charge on any atom is 0.233 e. The zero-order valence-corrected chi connectivity index (χ0v) is 11.5. The van der Waals surface area contributed by atoms with Gasteiger partial charge in [0.15, 0.2) is 0 Å². The van der Waals surface area contributed by atoms with E-state index in [1.54, 1.807) is 0 Å². The summed E-state index contributed by atoms with van der Waals surface area (Å²) in [6, 6.07) is 9.98. The molecule has 0 bridgehead atoms. The summed E-state index contributed by atoms with van der Waals surface area (Å²) in [6.07, 6.45) is 3.49. The average molecular weight is 272 g/mol. The van der Waals surface area contributed by atoms with E-state index in [1.165, 1.54) is 0 Å². The number of hydrogen-bond acceptors (Lipinski definition) is 2. The van der Waals surface area contributed by atoms with Crippen molar-refractivity contribution in [3.8, 4) is 0 Å². The fourth-order valence-corrected chi connectivity index (χ4v) is 3.20. The van der Waals surface area contributed by atoms with Crippen molar-refractivity contribution in [3.05, 3.63) is 35.9 Å². The summed E-state index contributed by atoms with van der Waals surface area (Å²) < 4.78 is 0. The third-order valence-corrected chi connectivity index (χ3v) is 4.60. The smallest absolute Gasteiger partial charge is 0.233 e. The molecule has 0 radical (unpaired) electrons. The van der Waals surface area contributed by atoms with Crippen molar-refractivity contribution in [2.45, 2.75) is 31.1 Å². The van der Waals surface area contributed by atoms with Crippen LogP contribution in [-0.2, 0) is 15.0 Å². The number of amides is 2. The monoisotopic (exact) mass is 272 g/mol. The first-order valence-corrected chi connectivity index (χ1v) is 7.28. The highest BCUT2D eigenvalue weighted by molar-refractivity contribution is 5.92. The molecule has 1 saturated heterocycles. The van der Waals surface area contributed by atoms with Crippen molar-refractivity contribution < 1.29 is 9.59 Å². The molecule has 1 unspecified atom stereocenters. The summed E-state index contributed by atoms with van der Waals surface area (Å²) in [5, 5.41) is 0. The van der Waals surface area contributed by atoms with E-state index in [0.29, 0.717) is 6.54 Å². The SMILES string of the molecule is NC(=O)C1CCCN(C(=O)C2(c3ccccc3)CC2)C1.